The predicted octanol–water partition coefficient (Wildman–Crippen LogP) is 2.87. The number of nitrogens with one attached hydrogen (secondary N) is 2. The molecule has 2 aromatic heterocycles. The van der Waals surface area contributed by atoms with Crippen LogP contribution in [0.1, 0.15) is 16.1 Å². The van der Waals surface area contributed by atoms with Crippen molar-refractivity contribution in [2.24, 2.45) is 0 Å². The van der Waals surface area contributed by atoms with Crippen molar-refractivity contribution in [2.75, 3.05) is 5.32 Å². The zero-order chi connectivity index (χ0) is 14.7. The second kappa shape index (κ2) is 5.88. The molecule has 0 aliphatic carbocycles. The van der Waals surface area contributed by atoms with E-state index < -0.39 is 0 Å². The molecule has 0 spiro atoms. The van der Waals surface area contributed by atoms with Gasteiger partial charge in [0.2, 0.25) is 5.95 Å². The van der Waals surface area contributed by atoms with Crippen molar-refractivity contribution in [2.45, 2.75) is 13.3 Å². The van der Waals surface area contributed by atoms with Crippen LogP contribution in [0, 0.1) is 6.92 Å². The highest BCUT2D eigenvalue weighted by Crippen LogP contribution is 2.13. The summed E-state index contributed by atoms with van der Waals surface area (Å²) in [5.41, 5.74) is 2.24. The number of thiophene rings is 1. The lowest BCUT2D eigenvalue weighted by Crippen LogP contribution is -2.18. The van der Waals surface area contributed by atoms with Gasteiger partial charge in [-0.25, -0.2) is 0 Å². The Hall–Kier alpha value is -2.47. The quantitative estimate of drug-likeness (QED) is 0.777. The van der Waals surface area contributed by atoms with Crippen LogP contribution in [-0.4, -0.2) is 15.2 Å². The third-order valence-electron chi connectivity index (χ3n) is 3.00. The molecule has 6 heteroatoms. The molecule has 0 bridgehead atoms. The van der Waals surface area contributed by atoms with E-state index in [1.165, 1.54) is 5.56 Å². The Morgan fingerprint density at radius 3 is 2.67 bits per heavy atom. The van der Waals surface area contributed by atoms with Crippen LogP contribution in [-0.2, 0) is 6.42 Å². The average Bonchev–Trinajstić information content (AvgIpc) is 2.97. The van der Waals surface area contributed by atoms with E-state index in [1.54, 1.807) is 11.3 Å². The first kappa shape index (κ1) is 13.5. The van der Waals surface area contributed by atoms with Crippen molar-refractivity contribution < 1.29 is 0 Å². The molecule has 0 fully saturated rings. The van der Waals surface area contributed by atoms with Crippen LogP contribution in [0.25, 0.3) is 0 Å². The topological polar surface area (TPSA) is 70.7 Å². The summed E-state index contributed by atoms with van der Waals surface area (Å²) in [6.07, 6.45) is 0.505. The summed E-state index contributed by atoms with van der Waals surface area (Å²) in [5.74, 6) is 0.346. The van der Waals surface area contributed by atoms with Gasteiger partial charge in [0, 0.05) is 17.0 Å². The number of hydrogen-bond acceptors (Lipinski definition) is 5. The minimum atomic E-state index is -0.215. The lowest BCUT2D eigenvalue weighted by Gasteiger charge is -2.05. The highest BCUT2D eigenvalue weighted by molar-refractivity contribution is 7.09. The number of aromatic nitrogens is 3. The van der Waals surface area contributed by atoms with Crippen LogP contribution in [0.2, 0.25) is 0 Å². The van der Waals surface area contributed by atoms with Gasteiger partial charge in [-0.1, -0.05) is 23.8 Å². The summed E-state index contributed by atoms with van der Waals surface area (Å²) in [6.45, 7) is 2.02. The van der Waals surface area contributed by atoms with E-state index in [4.69, 9.17) is 0 Å². The Morgan fingerprint density at radius 2 is 2.00 bits per heavy atom. The second-order valence-corrected chi connectivity index (χ2v) is 5.73. The molecule has 21 heavy (non-hydrogen) atoms. The molecule has 3 aromatic rings. The van der Waals surface area contributed by atoms with E-state index in [0.717, 1.165) is 10.6 Å². The van der Waals surface area contributed by atoms with Crippen LogP contribution >= 0.6 is 11.3 Å². The standard InChI is InChI=1S/C15H14N4OS/c1-10-4-6-11(7-5-10)16-15-17-14(20)13(18-19-15)9-12-3-2-8-21-12/h2-8H,9H2,1H3,(H2,16,17,19,20). The van der Waals surface area contributed by atoms with Gasteiger partial charge in [0.1, 0.15) is 5.69 Å². The first-order valence-electron chi connectivity index (χ1n) is 6.52. The van der Waals surface area contributed by atoms with Crippen molar-refractivity contribution in [3.8, 4) is 0 Å². The van der Waals surface area contributed by atoms with Crippen LogP contribution < -0.4 is 10.9 Å². The van der Waals surface area contributed by atoms with Gasteiger partial charge < -0.3 is 5.32 Å². The molecular weight excluding hydrogens is 284 g/mol. The van der Waals surface area contributed by atoms with E-state index >= 15 is 0 Å². The fraction of sp³-hybridized carbons (Fsp3) is 0.133. The van der Waals surface area contributed by atoms with Gasteiger partial charge in [0.15, 0.2) is 0 Å². The van der Waals surface area contributed by atoms with Gasteiger partial charge in [0.05, 0.1) is 0 Å². The number of H-pyrrole nitrogens is 1. The van der Waals surface area contributed by atoms with Gasteiger partial charge in [-0.3, -0.25) is 9.78 Å². The molecule has 0 radical (unpaired) electrons. The third kappa shape index (κ3) is 3.35. The van der Waals surface area contributed by atoms with Gasteiger partial charge in [-0.05, 0) is 30.5 Å². The molecule has 0 aliphatic heterocycles. The molecule has 0 saturated carbocycles. The van der Waals surface area contributed by atoms with Crippen LogP contribution in [0.15, 0.2) is 46.6 Å². The Labute approximate surface area is 125 Å². The van der Waals surface area contributed by atoms with Crippen molar-refractivity contribution in [1.29, 1.82) is 0 Å². The van der Waals surface area contributed by atoms with Crippen LogP contribution in [0.5, 0.6) is 0 Å². The summed E-state index contributed by atoms with van der Waals surface area (Å²) in [7, 11) is 0. The summed E-state index contributed by atoms with van der Waals surface area (Å²) in [4.78, 5) is 15.8. The van der Waals surface area contributed by atoms with Crippen LogP contribution in [0.4, 0.5) is 11.6 Å². The number of rotatable bonds is 4. The second-order valence-electron chi connectivity index (χ2n) is 4.70. The molecule has 0 saturated heterocycles. The molecule has 0 aliphatic rings. The molecule has 0 unspecified atom stereocenters. The van der Waals surface area contributed by atoms with Crippen molar-refractivity contribution in [3.63, 3.8) is 0 Å². The summed E-state index contributed by atoms with van der Waals surface area (Å²) in [5, 5.41) is 13.1. The summed E-state index contributed by atoms with van der Waals surface area (Å²) < 4.78 is 0. The minimum absolute atomic E-state index is 0.215. The monoisotopic (exact) mass is 298 g/mol. The highest BCUT2D eigenvalue weighted by Gasteiger charge is 2.06. The van der Waals surface area contributed by atoms with Gasteiger partial charge in [-0.2, -0.15) is 0 Å². The highest BCUT2D eigenvalue weighted by atomic mass is 32.1. The number of anilines is 2. The predicted molar refractivity (Wildman–Crippen MR) is 84.2 cm³/mol. The van der Waals surface area contributed by atoms with Crippen molar-refractivity contribution in [1.82, 2.24) is 15.2 Å². The van der Waals surface area contributed by atoms with Crippen molar-refractivity contribution in [3.05, 3.63) is 68.3 Å². The first-order valence-corrected chi connectivity index (χ1v) is 7.40. The number of nitrogens with zero attached hydrogens (tertiary/aromatic N) is 2. The Morgan fingerprint density at radius 1 is 1.19 bits per heavy atom. The molecule has 1 aromatic carbocycles. The maximum atomic E-state index is 12.0. The maximum Gasteiger partial charge on any atom is 0.274 e. The first-order chi connectivity index (χ1) is 10.2. The van der Waals surface area contributed by atoms with E-state index in [9.17, 15) is 4.79 Å². The fourth-order valence-corrected chi connectivity index (χ4v) is 2.59. The van der Waals surface area contributed by atoms with E-state index in [1.807, 2.05) is 48.7 Å². The van der Waals surface area contributed by atoms with Gasteiger partial charge in [0.25, 0.3) is 5.56 Å². The van der Waals surface area contributed by atoms with E-state index in [2.05, 4.69) is 20.5 Å². The molecule has 0 amide bonds. The lowest BCUT2D eigenvalue weighted by molar-refractivity contribution is 0.879. The Kier molecular flexibility index (Phi) is 3.79. The average molecular weight is 298 g/mol. The van der Waals surface area contributed by atoms with Crippen LogP contribution in [0.3, 0.4) is 0 Å². The van der Waals surface area contributed by atoms with E-state index in [-0.39, 0.29) is 5.56 Å². The number of benzene rings is 1. The lowest BCUT2D eigenvalue weighted by atomic mass is 10.2. The molecule has 2 N–H and O–H groups in total. The molecule has 5 nitrogen and oxygen atoms in total. The minimum Gasteiger partial charge on any atom is -0.324 e. The normalized spacial score (nSPS) is 10.5. The fourth-order valence-electron chi connectivity index (χ4n) is 1.88. The Balaban J connectivity index is 1.77. The number of hydrogen-bond donors (Lipinski definition) is 2. The molecule has 2 heterocycles. The zero-order valence-electron chi connectivity index (χ0n) is 11.5. The third-order valence-corrected chi connectivity index (χ3v) is 3.88. The molecule has 3 rings (SSSR count). The van der Waals surface area contributed by atoms with Crippen molar-refractivity contribution >= 4 is 23.0 Å². The van der Waals surface area contributed by atoms with Gasteiger partial charge >= 0.3 is 0 Å². The summed E-state index contributed by atoms with van der Waals surface area (Å²) >= 11 is 1.60. The maximum absolute atomic E-state index is 12.0. The largest absolute Gasteiger partial charge is 0.324 e. The Bertz CT molecular complexity index is 778. The molecular formula is C15H14N4OS. The molecule has 106 valence electrons. The van der Waals surface area contributed by atoms with E-state index in [0.29, 0.717) is 18.1 Å². The SMILES string of the molecule is Cc1ccc(Nc2nnc(Cc3cccs3)c(=O)[nH]2)cc1. The molecule has 0 atom stereocenters. The number of aromatic amines is 1. The number of aryl methyl sites for hydroxylation is 1. The smallest absolute Gasteiger partial charge is 0.274 e. The van der Waals surface area contributed by atoms with Gasteiger partial charge in [-0.15, -0.1) is 21.5 Å². The zero-order valence-corrected chi connectivity index (χ0v) is 12.3. The summed E-state index contributed by atoms with van der Waals surface area (Å²) in [6, 6.07) is 11.8.